The Hall–Kier alpha value is -1.53. The lowest BCUT2D eigenvalue weighted by Crippen LogP contribution is -2.62. The van der Waals surface area contributed by atoms with Gasteiger partial charge in [0.2, 0.25) is 0 Å². The lowest BCUT2D eigenvalue weighted by Gasteiger charge is -2.56. The Bertz CT molecular complexity index is 622. The Kier molecular flexibility index (Phi) is 1.99. The predicted molar refractivity (Wildman–Crippen MR) is 73.9 cm³/mol. The van der Waals surface area contributed by atoms with Crippen LogP contribution in [0.15, 0.2) is 24.3 Å². The predicted octanol–water partition coefficient (Wildman–Crippen LogP) is 2.21. The van der Waals surface area contributed by atoms with E-state index in [1.54, 1.807) is 0 Å². The van der Waals surface area contributed by atoms with Crippen molar-refractivity contribution in [2.75, 3.05) is 6.54 Å². The zero-order chi connectivity index (χ0) is 13.3. The minimum Gasteiger partial charge on any atom is -0.369 e. The van der Waals surface area contributed by atoms with Crippen molar-refractivity contribution in [1.29, 1.82) is 5.26 Å². The lowest BCUT2D eigenvalue weighted by molar-refractivity contribution is 0.0217. The van der Waals surface area contributed by atoms with Crippen molar-refractivity contribution in [2.24, 2.45) is 5.92 Å². The highest BCUT2D eigenvalue weighted by Crippen LogP contribution is 2.61. The van der Waals surface area contributed by atoms with E-state index in [0.717, 1.165) is 19.4 Å². The third kappa shape index (κ3) is 1.15. The molecule has 0 aromatic heterocycles. The van der Waals surface area contributed by atoms with Crippen LogP contribution in [0, 0.1) is 17.4 Å². The third-order valence-electron chi connectivity index (χ3n) is 6.22. The Labute approximate surface area is 119 Å². The number of epoxide rings is 1. The van der Waals surface area contributed by atoms with Gasteiger partial charge in [-0.3, -0.25) is 0 Å². The van der Waals surface area contributed by atoms with E-state index in [-0.39, 0.29) is 5.41 Å². The molecule has 1 aromatic carbocycles. The number of benzene rings is 1. The van der Waals surface area contributed by atoms with E-state index >= 15 is 0 Å². The average Bonchev–Trinajstić information content (AvgIpc) is 3.27. The second-order valence-corrected chi connectivity index (χ2v) is 6.79. The minimum absolute atomic E-state index is 0.204. The average molecular weight is 266 g/mol. The fraction of sp³-hybridized carbons (Fsp3) is 0.588. The number of ether oxygens (including phenoxy) is 1. The molecule has 2 heterocycles. The van der Waals surface area contributed by atoms with E-state index in [4.69, 9.17) is 4.74 Å². The second-order valence-electron chi connectivity index (χ2n) is 6.79. The molecule has 1 saturated carbocycles. The summed E-state index contributed by atoms with van der Waals surface area (Å²) in [5.74, 6) is 0.606. The number of hydrogen-bond donors (Lipinski definition) is 0. The molecule has 0 radical (unpaired) electrons. The van der Waals surface area contributed by atoms with E-state index in [2.05, 4.69) is 30.5 Å². The van der Waals surface area contributed by atoms with Gasteiger partial charge in [0.1, 0.15) is 0 Å². The van der Waals surface area contributed by atoms with Gasteiger partial charge < -0.3 is 9.64 Å². The molecule has 5 rings (SSSR count). The van der Waals surface area contributed by atoms with Gasteiger partial charge in [-0.1, -0.05) is 24.3 Å². The van der Waals surface area contributed by atoms with Crippen molar-refractivity contribution in [1.82, 2.24) is 4.90 Å². The molecule has 3 nitrogen and oxygen atoms in total. The van der Waals surface area contributed by atoms with E-state index in [9.17, 15) is 5.26 Å². The first-order chi connectivity index (χ1) is 9.84. The number of piperidine rings is 1. The van der Waals surface area contributed by atoms with Gasteiger partial charge in [-0.25, -0.2) is 0 Å². The molecule has 20 heavy (non-hydrogen) atoms. The van der Waals surface area contributed by atoms with Crippen LogP contribution in [0.1, 0.15) is 30.4 Å². The molecule has 0 spiro atoms. The normalized spacial score (nSPS) is 43.9. The van der Waals surface area contributed by atoms with Crippen LogP contribution < -0.4 is 0 Å². The molecule has 4 aliphatic rings. The van der Waals surface area contributed by atoms with Gasteiger partial charge in [0, 0.05) is 18.0 Å². The molecular formula is C17H18N2O. The Morgan fingerprint density at radius 1 is 1.30 bits per heavy atom. The van der Waals surface area contributed by atoms with Crippen LogP contribution in [0.2, 0.25) is 0 Å². The maximum absolute atomic E-state index is 9.46. The van der Waals surface area contributed by atoms with E-state index in [1.807, 2.05) is 4.90 Å². The van der Waals surface area contributed by atoms with Gasteiger partial charge in [-0.05, 0) is 42.7 Å². The van der Waals surface area contributed by atoms with Crippen LogP contribution >= 0.6 is 0 Å². The Morgan fingerprint density at radius 2 is 2.20 bits per heavy atom. The van der Waals surface area contributed by atoms with Crippen LogP contribution in [0.4, 0.5) is 0 Å². The highest BCUT2D eigenvalue weighted by atomic mass is 16.6. The summed E-state index contributed by atoms with van der Waals surface area (Å²) < 4.78 is 6.05. The largest absolute Gasteiger partial charge is 0.369 e. The molecule has 2 aliphatic carbocycles. The summed E-state index contributed by atoms with van der Waals surface area (Å²) in [6.07, 6.45) is 7.88. The van der Waals surface area contributed by atoms with Crippen molar-refractivity contribution in [3.05, 3.63) is 35.4 Å². The monoisotopic (exact) mass is 266 g/mol. The van der Waals surface area contributed by atoms with Gasteiger partial charge in [0.05, 0.1) is 12.2 Å². The van der Waals surface area contributed by atoms with E-state index in [0.29, 0.717) is 24.2 Å². The number of nitrogens with zero attached hydrogens (tertiary/aromatic N) is 2. The standard InChI is InChI=1S/C17H18N2O/c18-10-19-8-7-17-12-4-2-1-3-11(12)9-14(19)13(17)5-6-15-16(17)20-15/h1-4,13-16H,5-9H2/t13-,14+,15?,16?,17+/m0/s1. The Morgan fingerprint density at radius 3 is 3.10 bits per heavy atom. The Balaban J connectivity index is 1.73. The first-order valence-corrected chi connectivity index (χ1v) is 7.75. The second kappa shape index (κ2) is 3.56. The molecule has 0 N–H and O–H groups in total. The summed E-state index contributed by atoms with van der Waals surface area (Å²) in [5.41, 5.74) is 3.19. The lowest BCUT2D eigenvalue weighted by atomic mass is 9.52. The summed E-state index contributed by atoms with van der Waals surface area (Å²) in [7, 11) is 0. The molecule has 3 fully saturated rings. The number of hydrogen-bond acceptors (Lipinski definition) is 3. The first-order valence-electron chi connectivity index (χ1n) is 7.75. The summed E-state index contributed by atoms with van der Waals surface area (Å²) in [4.78, 5) is 2.04. The smallest absolute Gasteiger partial charge is 0.179 e. The molecule has 2 aliphatic heterocycles. The molecule has 0 amide bonds. The van der Waals surface area contributed by atoms with Crippen molar-refractivity contribution < 1.29 is 4.74 Å². The third-order valence-corrected chi connectivity index (χ3v) is 6.22. The van der Waals surface area contributed by atoms with Crippen LogP contribution in [0.25, 0.3) is 0 Å². The molecular weight excluding hydrogens is 248 g/mol. The fourth-order valence-corrected chi connectivity index (χ4v) is 5.42. The SMILES string of the molecule is N#CN1CC[C@@]23c4ccccc4C[C@@H]1[C@@H]2CCC1OC13. The summed E-state index contributed by atoms with van der Waals surface area (Å²) in [5, 5.41) is 9.46. The molecule has 2 bridgehead atoms. The number of fused-ring (bicyclic) bond motifs is 2. The van der Waals surface area contributed by atoms with E-state index < -0.39 is 0 Å². The van der Waals surface area contributed by atoms with Crippen molar-refractivity contribution in [3.8, 4) is 6.19 Å². The maximum atomic E-state index is 9.46. The van der Waals surface area contributed by atoms with Crippen molar-refractivity contribution >= 4 is 0 Å². The molecule has 5 atom stereocenters. The first kappa shape index (κ1) is 11.2. The zero-order valence-corrected chi connectivity index (χ0v) is 11.5. The van der Waals surface area contributed by atoms with Crippen LogP contribution in [-0.4, -0.2) is 29.7 Å². The number of rotatable bonds is 0. The molecule has 3 heteroatoms. The molecule has 1 aromatic rings. The molecule has 102 valence electrons. The van der Waals surface area contributed by atoms with Crippen LogP contribution in [0.5, 0.6) is 0 Å². The van der Waals surface area contributed by atoms with Crippen molar-refractivity contribution in [3.63, 3.8) is 0 Å². The number of nitriles is 1. The van der Waals surface area contributed by atoms with Gasteiger partial charge in [-0.2, -0.15) is 5.26 Å². The van der Waals surface area contributed by atoms with Gasteiger partial charge >= 0.3 is 0 Å². The molecule has 2 unspecified atom stereocenters. The van der Waals surface area contributed by atoms with Gasteiger partial charge in [-0.15, -0.1) is 0 Å². The van der Waals surface area contributed by atoms with Gasteiger partial charge in [0.15, 0.2) is 6.19 Å². The van der Waals surface area contributed by atoms with E-state index in [1.165, 1.54) is 24.0 Å². The van der Waals surface area contributed by atoms with Gasteiger partial charge in [0.25, 0.3) is 0 Å². The maximum Gasteiger partial charge on any atom is 0.179 e. The highest BCUT2D eigenvalue weighted by molar-refractivity contribution is 5.44. The summed E-state index contributed by atoms with van der Waals surface area (Å²) >= 11 is 0. The number of likely N-dealkylation sites (tertiary alicyclic amines) is 1. The zero-order valence-electron chi connectivity index (χ0n) is 11.5. The highest BCUT2D eigenvalue weighted by Gasteiger charge is 2.66. The quantitative estimate of drug-likeness (QED) is 0.534. The van der Waals surface area contributed by atoms with Crippen LogP contribution in [0.3, 0.4) is 0 Å². The summed E-state index contributed by atoms with van der Waals surface area (Å²) in [6.45, 7) is 0.901. The topological polar surface area (TPSA) is 39.6 Å². The minimum atomic E-state index is 0.204. The van der Waals surface area contributed by atoms with Crippen molar-refractivity contribution in [2.45, 2.75) is 49.3 Å². The molecule has 2 saturated heterocycles. The fourth-order valence-electron chi connectivity index (χ4n) is 5.42. The van der Waals surface area contributed by atoms with Crippen LogP contribution in [-0.2, 0) is 16.6 Å². The summed E-state index contributed by atoms with van der Waals surface area (Å²) in [6, 6.07) is 9.29.